The standard InChI is InChI=1S/C6H13N5O/c1-11-6(8)9-5(10-11)4(7)2-3-12/h4,12H,2-3,7H2,1H3,(H2,8,9,10). The third-order valence-electron chi connectivity index (χ3n) is 1.58. The van der Waals surface area contributed by atoms with Crippen LogP contribution in [-0.2, 0) is 7.05 Å². The Bertz CT molecular complexity index is 239. The first-order valence-corrected chi connectivity index (χ1v) is 3.68. The Kier molecular flexibility index (Phi) is 2.61. The number of anilines is 1. The molecule has 6 nitrogen and oxygen atoms in total. The van der Waals surface area contributed by atoms with Gasteiger partial charge in [0.25, 0.3) is 0 Å². The van der Waals surface area contributed by atoms with E-state index in [4.69, 9.17) is 16.6 Å². The van der Waals surface area contributed by atoms with Crippen LogP contribution in [0.1, 0.15) is 18.3 Å². The van der Waals surface area contributed by atoms with E-state index in [0.717, 1.165) is 0 Å². The average molecular weight is 171 g/mol. The van der Waals surface area contributed by atoms with Crippen molar-refractivity contribution in [3.63, 3.8) is 0 Å². The van der Waals surface area contributed by atoms with E-state index in [1.807, 2.05) is 0 Å². The summed E-state index contributed by atoms with van der Waals surface area (Å²) in [4.78, 5) is 3.92. The van der Waals surface area contributed by atoms with Crippen LogP contribution in [0.3, 0.4) is 0 Å². The molecule has 0 saturated carbocycles. The second-order valence-corrected chi connectivity index (χ2v) is 2.57. The van der Waals surface area contributed by atoms with Crippen molar-refractivity contribution in [1.82, 2.24) is 14.8 Å². The topological polar surface area (TPSA) is 103 Å². The summed E-state index contributed by atoms with van der Waals surface area (Å²) in [6, 6.07) is -0.335. The molecule has 12 heavy (non-hydrogen) atoms. The van der Waals surface area contributed by atoms with E-state index in [9.17, 15) is 0 Å². The minimum Gasteiger partial charge on any atom is -0.396 e. The summed E-state index contributed by atoms with van der Waals surface area (Å²) in [7, 11) is 1.69. The minimum absolute atomic E-state index is 0.0271. The van der Waals surface area contributed by atoms with E-state index in [-0.39, 0.29) is 12.6 Å². The van der Waals surface area contributed by atoms with Gasteiger partial charge in [0.1, 0.15) is 0 Å². The van der Waals surface area contributed by atoms with E-state index in [1.54, 1.807) is 7.05 Å². The highest BCUT2D eigenvalue weighted by molar-refractivity contribution is 5.16. The molecular formula is C6H13N5O. The Morgan fingerprint density at radius 3 is 2.75 bits per heavy atom. The summed E-state index contributed by atoms with van der Waals surface area (Å²) in [5.74, 6) is 0.808. The smallest absolute Gasteiger partial charge is 0.218 e. The number of rotatable bonds is 3. The van der Waals surface area contributed by atoms with Gasteiger partial charge < -0.3 is 16.6 Å². The summed E-state index contributed by atoms with van der Waals surface area (Å²) in [6.07, 6.45) is 0.448. The van der Waals surface area contributed by atoms with Gasteiger partial charge in [0.05, 0.1) is 6.04 Å². The van der Waals surface area contributed by atoms with Crippen LogP contribution in [0.25, 0.3) is 0 Å². The molecule has 0 aromatic carbocycles. The molecule has 1 aromatic heterocycles. The lowest BCUT2D eigenvalue weighted by atomic mass is 10.2. The van der Waals surface area contributed by atoms with Gasteiger partial charge in [-0.1, -0.05) is 0 Å². The maximum Gasteiger partial charge on any atom is 0.218 e. The number of aliphatic hydroxyl groups excluding tert-OH is 1. The molecule has 5 N–H and O–H groups in total. The number of nitrogens with two attached hydrogens (primary N) is 2. The lowest BCUT2D eigenvalue weighted by molar-refractivity contribution is 0.274. The summed E-state index contributed by atoms with van der Waals surface area (Å²) >= 11 is 0. The van der Waals surface area contributed by atoms with E-state index in [0.29, 0.717) is 18.2 Å². The zero-order valence-electron chi connectivity index (χ0n) is 6.94. The van der Waals surface area contributed by atoms with E-state index in [2.05, 4.69) is 10.1 Å². The van der Waals surface area contributed by atoms with Crippen LogP contribution in [-0.4, -0.2) is 26.5 Å². The largest absolute Gasteiger partial charge is 0.396 e. The first-order chi connectivity index (χ1) is 5.65. The van der Waals surface area contributed by atoms with Crippen molar-refractivity contribution in [1.29, 1.82) is 0 Å². The molecule has 0 aliphatic carbocycles. The first-order valence-electron chi connectivity index (χ1n) is 3.68. The summed E-state index contributed by atoms with van der Waals surface area (Å²) in [6.45, 7) is 0.0271. The number of aliphatic hydroxyl groups is 1. The van der Waals surface area contributed by atoms with Crippen LogP contribution in [0.5, 0.6) is 0 Å². The second-order valence-electron chi connectivity index (χ2n) is 2.57. The number of aryl methyl sites for hydroxylation is 1. The van der Waals surface area contributed by atoms with Crippen molar-refractivity contribution < 1.29 is 5.11 Å². The van der Waals surface area contributed by atoms with Crippen LogP contribution in [0.4, 0.5) is 5.95 Å². The molecule has 1 atom stereocenters. The Balaban J connectivity index is 2.74. The molecule has 0 radical (unpaired) electrons. The van der Waals surface area contributed by atoms with Crippen LogP contribution in [0, 0.1) is 0 Å². The number of hydrogen-bond acceptors (Lipinski definition) is 5. The normalized spacial score (nSPS) is 13.2. The monoisotopic (exact) mass is 171 g/mol. The lowest BCUT2D eigenvalue weighted by Gasteiger charge is -2.02. The van der Waals surface area contributed by atoms with Crippen molar-refractivity contribution in [2.24, 2.45) is 12.8 Å². The predicted octanol–water partition coefficient (Wildman–Crippen LogP) is -1.22. The fourth-order valence-electron chi connectivity index (χ4n) is 0.842. The fraction of sp³-hybridized carbons (Fsp3) is 0.667. The maximum atomic E-state index is 8.60. The predicted molar refractivity (Wildman–Crippen MR) is 44.0 cm³/mol. The van der Waals surface area contributed by atoms with Crippen LogP contribution in [0.15, 0.2) is 0 Å². The molecule has 0 bridgehead atoms. The Labute approximate surface area is 70.2 Å². The molecule has 0 aliphatic rings. The van der Waals surface area contributed by atoms with Crippen molar-refractivity contribution in [2.75, 3.05) is 12.3 Å². The zero-order valence-corrected chi connectivity index (χ0v) is 6.94. The summed E-state index contributed by atoms with van der Waals surface area (Å²) in [5, 5.41) is 12.6. The fourth-order valence-corrected chi connectivity index (χ4v) is 0.842. The number of hydrogen-bond donors (Lipinski definition) is 3. The molecular weight excluding hydrogens is 158 g/mol. The maximum absolute atomic E-state index is 8.60. The number of aromatic nitrogens is 3. The van der Waals surface area contributed by atoms with Gasteiger partial charge in [-0.15, -0.1) is 0 Å². The van der Waals surface area contributed by atoms with Gasteiger partial charge in [0.15, 0.2) is 5.82 Å². The quantitative estimate of drug-likeness (QED) is 0.529. The SMILES string of the molecule is Cn1nc(C(N)CCO)nc1N. The Morgan fingerprint density at radius 1 is 1.67 bits per heavy atom. The van der Waals surface area contributed by atoms with Crippen molar-refractivity contribution in [3.05, 3.63) is 5.82 Å². The third kappa shape index (κ3) is 1.72. The van der Waals surface area contributed by atoms with Crippen molar-refractivity contribution in [2.45, 2.75) is 12.5 Å². The molecule has 0 fully saturated rings. The number of nitrogen functional groups attached to an aromatic ring is 1. The number of nitrogens with zero attached hydrogens (tertiary/aromatic N) is 3. The van der Waals surface area contributed by atoms with Gasteiger partial charge in [-0.25, -0.2) is 4.68 Å². The van der Waals surface area contributed by atoms with E-state index >= 15 is 0 Å². The Morgan fingerprint density at radius 2 is 2.33 bits per heavy atom. The van der Waals surface area contributed by atoms with E-state index in [1.165, 1.54) is 4.68 Å². The highest BCUT2D eigenvalue weighted by Crippen LogP contribution is 2.09. The molecule has 0 aliphatic heterocycles. The summed E-state index contributed by atoms with van der Waals surface area (Å²) < 4.78 is 1.45. The van der Waals surface area contributed by atoms with Gasteiger partial charge in [0, 0.05) is 13.7 Å². The van der Waals surface area contributed by atoms with Crippen molar-refractivity contribution >= 4 is 5.95 Å². The molecule has 1 heterocycles. The second kappa shape index (κ2) is 3.51. The molecule has 68 valence electrons. The molecule has 6 heteroatoms. The van der Waals surface area contributed by atoms with Crippen LogP contribution < -0.4 is 11.5 Å². The van der Waals surface area contributed by atoms with Crippen LogP contribution in [0.2, 0.25) is 0 Å². The third-order valence-corrected chi connectivity index (χ3v) is 1.58. The molecule has 1 rings (SSSR count). The van der Waals surface area contributed by atoms with Crippen LogP contribution >= 0.6 is 0 Å². The van der Waals surface area contributed by atoms with Gasteiger partial charge in [-0.3, -0.25) is 0 Å². The van der Waals surface area contributed by atoms with Gasteiger partial charge >= 0.3 is 0 Å². The van der Waals surface area contributed by atoms with Gasteiger partial charge in [-0.2, -0.15) is 10.1 Å². The molecule has 1 aromatic rings. The summed E-state index contributed by atoms with van der Waals surface area (Å²) in [5.41, 5.74) is 11.1. The first kappa shape index (κ1) is 8.95. The molecule has 1 unspecified atom stereocenters. The lowest BCUT2D eigenvalue weighted by Crippen LogP contribution is -2.14. The van der Waals surface area contributed by atoms with E-state index < -0.39 is 0 Å². The van der Waals surface area contributed by atoms with Gasteiger partial charge in [0.2, 0.25) is 5.95 Å². The molecule has 0 amide bonds. The molecule has 0 spiro atoms. The molecule has 0 saturated heterocycles. The van der Waals surface area contributed by atoms with Gasteiger partial charge in [-0.05, 0) is 6.42 Å². The highest BCUT2D eigenvalue weighted by Gasteiger charge is 2.11. The highest BCUT2D eigenvalue weighted by atomic mass is 16.3. The minimum atomic E-state index is -0.335. The average Bonchev–Trinajstić information content (AvgIpc) is 2.33. The zero-order chi connectivity index (χ0) is 9.14. The Hall–Kier alpha value is -1.14. The van der Waals surface area contributed by atoms with Crippen molar-refractivity contribution in [3.8, 4) is 0 Å².